The zero-order valence-electron chi connectivity index (χ0n) is 15.1. The minimum Gasteiger partial charge on any atom is -0.430 e. The Morgan fingerprint density at radius 2 is 1.46 bits per heavy atom. The first-order valence-corrected chi connectivity index (χ1v) is 11.8. The first-order chi connectivity index (χ1) is 13.2. The Labute approximate surface area is 163 Å². The maximum Gasteiger partial charge on any atom is 0.508 e. The molecule has 2 aliphatic heterocycles. The average Bonchev–Trinajstić information content (AvgIpc) is 3.23. The maximum atomic E-state index is 11.8. The predicted molar refractivity (Wildman–Crippen MR) is 91.0 cm³/mol. The van der Waals surface area contributed by atoms with E-state index in [1.807, 2.05) is 0 Å². The van der Waals surface area contributed by atoms with E-state index in [-0.39, 0.29) is 37.9 Å². The smallest absolute Gasteiger partial charge is 0.430 e. The second-order valence-electron chi connectivity index (χ2n) is 6.21. The van der Waals surface area contributed by atoms with Gasteiger partial charge in [-0.2, -0.15) is 16.8 Å². The van der Waals surface area contributed by atoms with Gasteiger partial charge in [0.25, 0.3) is 26.7 Å². The van der Waals surface area contributed by atoms with Gasteiger partial charge in [-0.15, -0.1) is 0 Å². The SMILES string of the molecule is O=C1OCC(COS(=O)(=O)CCCCCCS(=O)(=O)OCC2COC(O)O2)O1. The van der Waals surface area contributed by atoms with Gasteiger partial charge < -0.3 is 24.1 Å². The van der Waals surface area contributed by atoms with E-state index in [1.54, 1.807) is 0 Å². The van der Waals surface area contributed by atoms with Crippen molar-refractivity contribution >= 4 is 26.4 Å². The molecule has 0 aliphatic carbocycles. The van der Waals surface area contributed by atoms with Crippen LogP contribution in [-0.2, 0) is 47.5 Å². The van der Waals surface area contributed by atoms with E-state index >= 15 is 0 Å². The fourth-order valence-corrected chi connectivity index (χ4v) is 4.42. The number of aliphatic hydroxyl groups is 1. The Hall–Kier alpha value is -1.03. The molecule has 3 unspecified atom stereocenters. The van der Waals surface area contributed by atoms with Crippen molar-refractivity contribution in [3.8, 4) is 0 Å². The molecule has 12 nitrogen and oxygen atoms in total. The Bertz CT molecular complexity index is 704. The molecule has 1 N–H and O–H groups in total. The summed E-state index contributed by atoms with van der Waals surface area (Å²) in [6, 6.07) is 0. The molecule has 0 aromatic heterocycles. The number of unbranched alkanes of at least 4 members (excludes halogenated alkanes) is 3. The number of rotatable bonds is 13. The summed E-state index contributed by atoms with van der Waals surface area (Å²) in [7, 11) is -7.50. The lowest BCUT2D eigenvalue weighted by Gasteiger charge is -2.10. The maximum absolute atomic E-state index is 11.8. The van der Waals surface area contributed by atoms with Crippen LogP contribution >= 0.6 is 0 Å². The van der Waals surface area contributed by atoms with E-state index in [2.05, 4.69) is 9.47 Å². The van der Waals surface area contributed by atoms with Gasteiger partial charge in [-0.1, -0.05) is 12.8 Å². The standard InChI is InChI=1S/C14H24O12S2/c15-13-21-7-11(25-13)9-23-27(17,18)5-3-1-2-4-6-28(19,20)24-10-12-8-22-14(16)26-12/h11-13,15H,1-10H2. The third-order valence-electron chi connectivity index (χ3n) is 3.79. The molecule has 0 aromatic rings. The van der Waals surface area contributed by atoms with Crippen molar-refractivity contribution in [1.29, 1.82) is 0 Å². The van der Waals surface area contributed by atoms with Crippen molar-refractivity contribution in [2.75, 3.05) is 37.9 Å². The molecule has 14 heteroatoms. The number of hydrogen-bond donors (Lipinski definition) is 1. The summed E-state index contributed by atoms with van der Waals surface area (Å²) in [4.78, 5) is 10.7. The molecule has 0 bridgehead atoms. The van der Waals surface area contributed by atoms with Gasteiger partial charge in [-0.05, 0) is 12.8 Å². The predicted octanol–water partition coefficient (Wildman–Crippen LogP) is -0.534. The van der Waals surface area contributed by atoms with Crippen LogP contribution in [-0.4, -0.2) is 84.7 Å². The lowest BCUT2D eigenvalue weighted by atomic mass is 10.2. The number of hydrogen-bond acceptors (Lipinski definition) is 12. The summed E-state index contributed by atoms with van der Waals surface area (Å²) in [5, 5.41) is 8.98. The topological polar surface area (TPSA) is 161 Å². The highest BCUT2D eigenvalue weighted by Gasteiger charge is 2.27. The van der Waals surface area contributed by atoms with Crippen molar-refractivity contribution in [3.05, 3.63) is 0 Å². The highest BCUT2D eigenvalue weighted by atomic mass is 32.2. The molecule has 0 amide bonds. The molecule has 3 atom stereocenters. The fourth-order valence-electron chi connectivity index (χ4n) is 2.36. The van der Waals surface area contributed by atoms with E-state index in [0.717, 1.165) is 0 Å². The first kappa shape index (κ1) is 23.3. The monoisotopic (exact) mass is 448 g/mol. The molecule has 164 valence electrons. The molecular weight excluding hydrogens is 424 g/mol. The van der Waals surface area contributed by atoms with Crippen LogP contribution in [0.3, 0.4) is 0 Å². The molecule has 2 heterocycles. The van der Waals surface area contributed by atoms with Gasteiger partial charge in [0.05, 0.1) is 24.7 Å². The van der Waals surface area contributed by atoms with Crippen LogP contribution in [0.5, 0.6) is 0 Å². The van der Waals surface area contributed by atoms with E-state index in [9.17, 15) is 21.6 Å². The van der Waals surface area contributed by atoms with Crippen molar-refractivity contribution in [3.63, 3.8) is 0 Å². The molecule has 2 fully saturated rings. The van der Waals surface area contributed by atoms with E-state index < -0.39 is 45.1 Å². The molecule has 0 radical (unpaired) electrons. The second kappa shape index (κ2) is 10.7. The Morgan fingerprint density at radius 3 is 1.93 bits per heavy atom. The molecule has 2 rings (SSSR count). The number of carbonyl (C=O) groups excluding carboxylic acids is 1. The molecule has 0 aromatic carbocycles. The van der Waals surface area contributed by atoms with Crippen LogP contribution in [0.4, 0.5) is 4.79 Å². The third-order valence-corrected chi connectivity index (χ3v) is 6.36. The second-order valence-corrected chi connectivity index (χ2v) is 9.72. The zero-order chi connectivity index (χ0) is 20.6. The number of ether oxygens (including phenoxy) is 4. The van der Waals surface area contributed by atoms with E-state index in [0.29, 0.717) is 25.7 Å². The van der Waals surface area contributed by atoms with Crippen LogP contribution in [0.25, 0.3) is 0 Å². The first-order valence-electron chi connectivity index (χ1n) is 8.68. The van der Waals surface area contributed by atoms with Crippen molar-refractivity contribution < 1.29 is 54.1 Å². The highest BCUT2D eigenvalue weighted by molar-refractivity contribution is 7.86. The molecule has 0 saturated carbocycles. The average molecular weight is 448 g/mol. The van der Waals surface area contributed by atoms with Gasteiger partial charge in [-0.25, -0.2) is 4.79 Å². The van der Waals surface area contributed by atoms with Crippen LogP contribution < -0.4 is 0 Å². The summed E-state index contributed by atoms with van der Waals surface area (Å²) in [6.45, 7) is -1.90. The molecular formula is C14H24O12S2. The minimum absolute atomic E-state index is 0.0451. The van der Waals surface area contributed by atoms with Crippen LogP contribution in [0, 0.1) is 0 Å². The Balaban J connectivity index is 1.51. The lowest BCUT2D eigenvalue weighted by molar-refractivity contribution is -0.205. The van der Waals surface area contributed by atoms with Gasteiger partial charge in [-0.3, -0.25) is 8.37 Å². The summed E-state index contributed by atoms with van der Waals surface area (Å²) >= 11 is 0. The van der Waals surface area contributed by atoms with Crippen LogP contribution in [0.2, 0.25) is 0 Å². The van der Waals surface area contributed by atoms with Crippen LogP contribution in [0.15, 0.2) is 0 Å². The molecule has 2 aliphatic rings. The Morgan fingerprint density at radius 1 is 0.893 bits per heavy atom. The number of carbonyl (C=O) groups is 1. The van der Waals surface area contributed by atoms with Gasteiger partial charge in [0, 0.05) is 0 Å². The largest absolute Gasteiger partial charge is 0.508 e. The lowest BCUT2D eigenvalue weighted by Crippen LogP contribution is -2.23. The summed E-state index contributed by atoms with van der Waals surface area (Å²) < 4.78 is 75.3. The van der Waals surface area contributed by atoms with Gasteiger partial charge in [0.2, 0.25) is 0 Å². The van der Waals surface area contributed by atoms with Crippen LogP contribution in [0.1, 0.15) is 25.7 Å². The Kier molecular flexibility index (Phi) is 8.85. The fraction of sp³-hybridized carbons (Fsp3) is 0.929. The molecule has 28 heavy (non-hydrogen) atoms. The summed E-state index contributed by atoms with van der Waals surface area (Å²) in [5.41, 5.74) is 0. The van der Waals surface area contributed by atoms with Gasteiger partial charge in [0.1, 0.15) is 19.3 Å². The molecule has 0 spiro atoms. The van der Waals surface area contributed by atoms with Gasteiger partial charge >= 0.3 is 6.16 Å². The number of aliphatic hydroxyl groups excluding tert-OH is 1. The van der Waals surface area contributed by atoms with Crippen molar-refractivity contribution in [2.24, 2.45) is 0 Å². The zero-order valence-corrected chi connectivity index (χ0v) is 16.7. The minimum atomic E-state index is -3.76. The van der Waals surface area contributed by atoms with Crippen molar-refractivity contribution in [1.82, 2.24) is 0 Å². The molecule has 2 saturated heterocycles. The third kappa shape index (κ3) is 8.98. The normalized spacial score (nSPS) is 25.6. The van der Waals surface area contributed by atoms with E-state index in [4.69, 9.17) is 22.9 Å². The summed E-state index contributed by atoms with van der Waals surface area (Å²) in [6.07, 6.45) is -0.643. The van der Waals surface area contributed by atoms with Crippen molar-refractivity contribution in [2.45, 2.75) is 44.4 Å². The van der Waals surface area contributed by atoms with Gasteiger partial charge in [0.15, 0.2) is 6.10 Å². The highest BCUT2D eigenvalue weighted by Crippen LogP contribution is 2.12. The quantitative estimate of drug-likeness (QED) is 0.218. The number of cyclic esters (lactones) is 2. The van der Waals surface area contributed by atoms with E-state index in [1.165, 1.54) is 0 Å². The summed E-state index contributed by atoms with van der Waals surface area (Å²) in [5.74, 6) is -0.432.